The van der Waals surface area contributed by atoms with Crippen LogP contribution in [-0.4, -0.2) is 4.40 Å². The second kappa shape index (κ2) is 13.5. The second-order valence-corrected chi connectivity index (χ2v) is 17.8. The van der Waals surface area contributed by atoms with Crippen LogP contribution < -0.4 is 0 Å². The molecule has 0 aliphatic heterocycles. The van der Waals surface area contributed by atoms with Crippen LogP contribution in [0.3, 0.4) is 0 Å². The lowest BCUT2D eigenvalue weighted by molar-refractivity contribution is 0.590. The van der Waals surface area contributed by atoms with Gasteiger partial charge >= 0.3 is 0 Å². The number of hydrogen-bond acceptors (Lipinski definition) is 0. The van der Waals surface area contributed by atoms with E-state index in [1.807, 2.05) is 0 Å². The molecule has 12 rings (SSSR count). The van der Waals surface area contributed by atoms with E-state index in [9.17, 15) is 0 Å². The van der Waals surface area contributed by atoms with Crippen molar-refractivity contribution < 1.29 is 0 Å². The quantitative estimate of drug-likeness (QED) is 0.164. The molecule has 0 atom stereocenters. The minimum atomic E-state index is 0.0992. The van der Waals surface area contributed by atoms with Crippen LogP contribution in [0, 0.1) is 0 Å². The van der Waals surface area contributed by atoms with Crippen molar-refractivity contribution in [2.75, 3.05) is 0 Å². The monoisotopic (exact) mass is 777 g/mol. The lowest BCUT2D eigenvalue weighted by atomic mass is 9.86. The molecular weight excluding hydrogens is 735 g/mol. The SMILES string of the molecule is CC(C)(C)c1ccc(-c2cc3c4cc5ccc(-c6ccc(-c7ccccc7)cc6)cc5cc4n4c5cc6cc(-c7ccc(-c8ccccc8)cc7)ccc6cc5c(c2)c34)cc1. The van der Waals surface area contributed by atoms with Gasteiger partial charge in [0.2, 0.25) is 0 Å². The van der Waals surface area contributed by atoms with Gasteiger partial charge in [-0.2, -0.15) is 0 Å². The van der Waals surface area contributed by atoms with Crippen molar-refractivity contribution in [2.45, 2.75) is 26.2 Å². The molecule has 61 heavy (non-hydrogen) atoms. The molecule has 0 radical (unpaired) electrons. The largest absolute Gasteiger partial charge is 0.308 e. The molecule has 0 N–H and O–H groups in total. The van der Waals surface area contributed by atoms with Gasteiger partial charge in [-0.25, -0.2) is 0 Å². The number of fused-ring (bicyclic) bond motifs is 8. The summed E-state index contributed by atoms with van der Waals surface area (Å²) in [5.41, 5.74) is 17.5. The van der Waals surface area contributed by atoms with E-state index in [1.165, 1.54) is 121 Å². The summed E-state index contributed by atoms with van der Waals surface area (Å²) in [6, 6.07) is 76.8. The van der Waals surface area contributed by atoms with Crippen molar-refractivity contribution in [3.63, 3.8) is 0 Å². The van der Waals surface area contributed by atoms with Gasteiger partial charge in [-0.05, 0) is 137 Å². The fourth-order valence-electron chi connectivity index (χ4n) is 9.69. The first-order valence-electron chi connectivity index (χ1n) is 21.4. The highest BCUT2D eigenvalue weighted by Gasteiger charge is 2.21. The summed E-state index contributed by atoms with van der Waals surface area (Å²) in [4.78, 5) is 0. The van der Waals surface area contributed by atoms with Crippen LogP contribution in [0.25, 0.3) is 115 Å². The van der Waals surface area contributed by atoms with E-state index in [0.717, 1.165) is 0 Å². The third-order valence-corrected chi connectivity index (χ3v) is 13.0. The van der Waals surface area contributed by atoms with Crippen molar-refractivity contribution in [1.82, 2.24) is 4.40 Å². The Morgan fingerprint density at radius 3 is 1.07 bits per heavy atom. The molecule has 0 amide bonds. The van der Waals surface area contributed by atoms with Crippen molar-refractivity contribution in [3.05, 3.63) is 212 Å². The van der Waals surface area contributed by atoms with Crippen LogP contribution in [0.4, 0.5) is 0 Å². The smallest absolute Gasteiger partial charge is 0.0620 e. The zero-order valence-corrected chi connectivity index (χ0v) is 34.6. The minimum Gasteiger partial charge on any atom is -0.308 e. The average Bonchev–Trinajstić information content (AvgIpc) is 3.80. The molecular formula is C60H43N. The molecule has 288 valence electrons. The number of aromatic nitrogens is 1. The summed E-state index contributed by atoms with van der Waals surface area (Å²) < 4.78 is 2.54. The van der Waals surface area contributed by atoms with Crippen LogP contribution in [0.1, 0.15) is 26.3 Å². The van der Waals surface area contributed by atoms with Crippen LogP contribution in [0.5, 0.6) is 0 Å². The van der Waals surface area contributed by atoms with Gasteiger partial charge in [-0.1, -0.05) is 178 Å². The predicted molar refractivity (Wildman–Crippen MR) is 262 cm³/mol. The molecule has 1 nitrogen and oxygen atoms in total. The van der Waals surface area contributed by atoms with Gasteiger partial charge in [-0.3, -0.25) is 0 Å². The summed E-state index contributed by atoms with van der Waals surface area (Å²) >= 11 is 0. The second-order valence-electron chi connectivity index (χ2n) is 17.8. The van der Waals surface area contributed by atoms with E-state index in [4.69, 9.17) is 0 Å². The van der Waals surface area contributed by atoms with E-state index in [2.05, 4.69) is 231 Å². The van der Waals surface area contributed by atoms with E-state index in [1.54, 1.807) is 0 Å². The van der Waals surface area contributed by atoms with E-state index in [-0.39, 0.29) is 5.41 Å². The summed E-state index contributed by atoms with van der Waals surface area (Å²) in [5.74, 6) is 0. The number of benzene rings is 10. The highest BCUT2D eigenvalue weighted by Crippen LogP contribution is 2.45. The summed E-state index contributed by atoms with van der Waals surface area (Å²) in [6.45, 7) is 6.85. The molecule has 2 heterocycles. The van der Waals surface area contributed by atoms with Gasteiger partial charge in [0.25, 0.3) is 0 Å². The molecule has 0 aliphatic rings. The highest BCUT2D eigenvalue weighted by atomic mass is 14.9. The molecule has 10 aromatic carbocycles. The Morgan fingerprint density at radius 2 is 0.639 bits per heavy atom. The zero-order chi connectivity index (χ0) is 40.8. The van der Waals surface area contributed by atoms with Crippen LogP contribution in [-0.2, 0) is 5.41 Å². The van der Waals surface area contributed by atoms with Crippen LogP contribution in [0.15, 0.2) is 206 Å². The number of rotatable bonds is 5. The maximum atomic E-state index is 2.54. The third kappa shape index (κ3) is 5.92. The van der Waals surface area contributed by atoms with E-state index >= 15 is 0 Å². The summed E-state index contributed by atoms with van der Waals surface area (Å²) in [5, 5.41) is 10.1. The van der Waals surface area contributed by atoms with Gasteiger partial charge < -0.3 is 4.40 Å². The fourth-order valence-corrected chi connectivity index (χ4v) is 9.69. The average molecular weight is 778 g/mol. The lowest BCUT2D eigenvalue weighted by Crippen LogP contribution is -2.10. The van der Waals surface area contributed by atoms with Gasteiger partial charge in [0.15, 0.2) is 0 Å². The van der Waals surface area contributed by atoms with Crippen molar-refractivity contribution >= 4 is 59.6 Å². The number of hydrogen-bond donors (Lipinski definition) is 0. The molecule has 0 aliphatic carbocycles. The Morgan fingerprint density at radius 1 is 0.279 bits per heavy atom. The van der Waals surface area contributed by atoms with Gasteiger partial charge in [0, 0.05) is 21.5 Å². The molecule has 12 aromatic rings. The Kier molecular flexibility index (Phi) is 7.86. The van der Waals surface area contributed by atoms with E-state index in [0.29, 0.717) is 0 Å². The first-order chi connectivity index (χ1) is 29.8. The molecule has 0 spiro atoms. The Bertz CT molecular complexity index is 3400. The Labute approximate surface area is 356 Å². The van der Waals surface area contributed by atoms with Crippen molar-refractivity contribution in [2.24, 2.45) is 0 Å². The summed E-state index contributed by atoms with van der Waals surface area (Å²) in [7, 11) is 0. The molecule has 2 aromatic heterocycles. The first-order valence-corrected chi connectivity index (χ1v) is 21.4. The highest BCUT2D eigenvalue weighted by molar-refractivity contribution is 6.27. The topological polar surface area (TPSA) is 4.41 Å². The molecule has 0 bridgehead atoms. The Balaban J connectivity index is 1.05. The normalized spacial score (nSPS) is 12.2. The van der Waals surface area contributed by atoms with Crippen molar-refractivity contribution in [3.8, 4) is 55.6 Å². The maximum Gasteiger partial charge on any atom is 0.0620 e. The summed E-state index contributed by atoms with van der Waals surface area (Å²) in [6.07, 6.45) is 0. The van der Waals surface area contributed by atoms with Crippen LogP contribution in [0.2, 0.25) is 0 Å². The number of nitrogens with zero attached hydrogens (tertiary/aromatic N) is 1. The standard InChI is InChI=1S/C60H43N/c1-60(2,3)52-28-26-44(27-29-52)51-34-55-53-32-47-24-22-45(42-18-14-40(15-19-42)38-10-6-4-7-11-38)30-49(47)36-57(53)61-58-37-50-31-46(23-25-48(50)33-54(58)56(35-51)59(55)61)43-20-16-41(17-21-43)39-12-8-5-9-13-39/h4-37H,1-3H3. The van der Waals surface area contributed by atoms with Crippen molar-refractivity contribution in [1.29, 1.82) is 0 Å². The predicted octanol–water partition coefficient (Wildman–Crippen LogP) is 16.8. The van der Waals surface area contributed by atoms with Crippen LogP contribution >= 0.6 is 0 Å². The first kappa shape index (κ1) is 35.5. The van der Waals surface area contributed by atoms with Gasteiger partial charge in [-0.15, -0.1) is 0 Å². The van der Waals surface area contributed by atoms with E-state index < -0.39 is 0 Å². The molecule has 0 saturated heterocycles. The van der Waals surface area contributed by atoms with Gasteiger partial charge in [0.1, 0.15) is 0 Å². The third-order valence-electron chi connectivity index (χ3n) is 13.0. The molecule has 1 heteroatoms. The molecule has 0 fully saturated rings. The molecule has 0 saturated carbocycles. The fraction of sp³-hybridized carbons (Fsp3) is 0.0667. The molecule has 0 unspecified atom stereocenters. The lowest BCUT2D eigenvalue weighted by Gasteiger charge is -2.19. The zero-order valence-electron chi connectivity index (χ0n) is 34.6. The Hall–Kier alpha value is -7.48. The van der Waals surface area contributed by atoms with Gasteiger partial charge in [0.05, 0.1) is 16.6 Å². The maximum absolute atomic E-state index is 2.54. The minimum absolute atomic E-state index is 0.0992.